The van der Waals surface area contributed by atoms with Crippen molar-refractivity contribution >= 4 is 46.8 Å². The Balaban J connectivity index is 1.65. The van der Waals surface area contributed by atoms with E-state index in [0.717, 1.165) is 28.8 Å². The van der Waals surface area contributed by atoms with Crippen molar-refractivity contribution in [3.8, 4) is 0 Å². The quantitative estimate of drug-likeness (QED) is 0.282. The number of benzene rings is 3. The van der Waals surface area contributed by atoms with Crippen LogP contribution in [-0.4, -0.2) is 19.3 Å². The van der Waals surface area contributed by atoms with Gasteiger partial charge in [0.05, 0.1) is 23.4 Å². The first-order chi connectivity index (χ1) is 16.5. The maximum atomic E-state index is 11.8. The SMILES string of the molecule is COC(=O)c1ccc(C2CC(C=Nc3ccccc3Cl)=C(Cl)/C(=C/Nc3ccccc3)C2)cc1. The van der Waals surface area contributed by atoms with Gasteiger partial charge < -0.3 is 10.1 Å². The number of methoxy groups -OCH3 is 1. The molecule has 0 radical (unpaired) electrons. The summed E-state index contributed by atoms with van der Waals surface area (Å²) in [6.07, 6.45) is 5.22. The highest BCUT2D eigenvalue weighted by Gasteiger charge is 2.25. The lowest BCUT2D eigenvalue weighted by Crippen LogP contribution is -2.12. The number of nitrogens with zero attached hydrogens (tertiary/aromatic N) is 1. The number of rotatable bonds is 6. The predicted octanol–water partition coefficient (Wildman–Crippen LogP) is 7.90. The minimum absolute atomic E-state index is 0.172. The minimum Gasteiger partial charge on any atom is -0.465 e. The van der Waals surface area contributed by atoms with Crippen molar-refractivity contribution in [2.75, 3.05) is 12.4 Å². The number of esters is 1. The van der Waals surface area contributed by atoms with Crippen LogP contribution in [0.1, 0.15) is 34.7 Å². The van der Waals surface area contributed by atoms with E-state index in [-0.39, 0.29) is 11.9 Å². The summed E-state index contributed by atoms with van der Waals surface area (Å²) in [7, 11) is 1.38. The number of anilines is 1. The molecule has 0 heterocycles. The Bertz CT molecular complexity index is 1250. The summed E-state index contributed by atoms with van der Waals surface area (Å²) >= 11 is 13.1. The van der Waals surface area contributed by atoms with Crippen molar-refractivity contribution in [2.24, 2.45) is 4.99 Å². The smallest absolute Gasteiger partial charge is 0.337 e. The summed E-state index contributed by atoms with van der Waals surface area (Å²) in [6.45, 7) is 0. The molecule has 0 bridgehead atoms. The van der Waals surface area contributed by atoms with Crippen LogP contribution >= 0.6 is 23.2 Å². The van der Waals surface area contributed by atoms with E-state index < -0.39 is 0 Å². The van der Waals surface area contributed by atoms with Gasteiger partial charge in [0.1, 0.15) is 0 Å². The lowest BCUT2D eigenvalue weighted by Gasteiger charge is -2.26. The van der Waals surface area contributed by atoms with Gasteiger partial charge in [-0.3, -0.25) is 4.99 Å². The fraction of sp³-hybridized carbons (Fsp3) is 0.143. The Morgan fingerprint density at radius 3 is 2.38 bits per heavy atom. The van der Waals surface area contributed by atoms with Gasteiger partial charge >= 0.3 is 5.97 Å². The molecule has 0 aliphatic heterocycles. The van der Waals surface area contributed by atoms with Crippen LogP contribution < -0.4 is 5.32 Å². The number of hydrogen-bond donors (Lipinski definition) is 1. The molecule has 172 valence electrons. The summed E-state index contributed by atoms with van der Waals surface area (Å²) in [4.78, 5) is 16.4. The average Bonchev–Trinajstić information content (AvgIpc) is 2.88. The van der Waals surface area contributed by atoms with E-state index in [0.29, 0.717) is 27.7 Å². The first-order valence-corrected chi connectivity index (χ1v) is 11.7. The largest absolute Gasteiger partial charge is 0.465 e. The van der Waals surface area contributed by atoms with Gasteiger partial charge in [-0.2, -0.15) is 0 Å². The van der Waals surface area contributed by atoms with Gasteiger partial charge in [-0.25, -0.2) is 4.79 Å². The van der Waals surface area contributed by atoms with Crippen LogP contribution in [0.2, 0.25) is 5.02 Å². The van der Waals surface area contributed by atoms with Gasteiger partial charge in [0.25, 0.3) is 0 Å². The van der Waals surface area contributed by atoms with E-state index in [9.17, 15) is 4.79 Å². The fourth-order valence-electron chi connectivity index (χ4n) is 3.87. The molecule has 4 nitrogen and oxygen atoms in total. The number of nitrogens with one attached hydrogen (secondary N) is 1. The number of hydrogen-bond acceptors (Lipinski definition) is 4. The Morgan fingerprint density at radius 2 is 1.68 bits per heavy atom. The molecule has 4 rings (SSSR count). The molecule has 1 atom stereocenters. The molecule has 0 aromatic heterocycles. The van der Waals surface area contributed by atoms with E-state index in [1.54, 1.807) is 18.3 Å². The van der Waals surface area contributed by atoms with Crippen LogP contribution in [0.15, 0.2) is 106 Å². The summed E-state index contributed by atoms with van der Waals surface area (Å²) in [5, 5.41) is 4.61. The molecule has 6 heteroatoms. The van der Waals surface area contributed by atoms with E-state index in [4.69, 9.17) is 27.9 Å². The zero-order chi connectivity index (χ0) is 23.9. The number of allylic oxidation sites excluding steroid dienone is 3. The molecule has 1 aliphatic rings. The molecule has 1 N–H and O–H groups in total. The highest BCUT2D eigenvalue weighted by atomic mass is 35.5. The lowest BCUT2D eigenvalue weighted by atomic mass is 9.81. The van der Waals surface area contributed by atoms with E-state index in [1.165, 1.54) is 7.11 Å². The van der Waals surface area contributed by atoms with E-state index in [2.05, 4.69) is 10.3 Å². The van der Waals surface area contributed by atoms with Gasteiger partial charge in [-0.15, -0.1) is 0 Å². The van der Waals surface area contributed by atoms with E-state index in [1.807, 2.05) is 72.9 Å². The predicted molar refractivity (Wildman–Crippen MR) is 140 cm³/mol. The number of aliphatic imine (C=N–C) groups is 1. The third-order valence-corrected chi connectivity index (χ3v) is 6.50. The second-order valence-electron chi connectivity index (χ2n) is 7.95. The van der Waals surface area contributed by atoms with Crippen molar-refractivity contribution < 1.29 is 9.53 Å². The van der Waals surface area contributed by atoms with Crippen LogP contribution in [0.25, 0.3) is 0 Å². The Hall–Kier alpha value is -3.34. The second-order valence-corrected chi connectivity index (χ2v) is 8.73. The molecule has 0 fully saturated rings. The summed E-state index contributed by atoms with van der Waals surface area (Å²) in [6, 6.07) is 24.9. The second kappa shape index (κ2) is 11.2. The van der Waals surface area contributed by atoms with Crippen molar-refractivity contribution in [1.29, 1.82) is 0 Å². The zero-order valence-corrected chi connectivity index (χ0v) is 20.2. The molecule has 34 heavy (non-hydrogen) atoms. The molecule has 0 amide bonds. The molecule has 3 aromatic rings. The summed E-state index contributed by atoms with van der Waals surface area (Å²) in [5.41, 5.74) is 5.23. The average molecular weight is 491 g/mol. The Morgan fingerprint density at radius 1 is 0.971 bits per heavy atom. The maximum absolute atomic E-state index is 11.8. The van der Waals surface area contributed by atoms with Crippen LogP contribution in [0.5, 0.6) is 0 Å². The summed E-state index contributed by atoms with van der Waals surface area (Å²) in [5.74, 6) is -0.177. The fourth-order valence-corrected chi connectivity index (χ4v) is 4.32. The van der Waals surface area contributed by atoms with Gasteiger partial charge in [0.2, 0.25) is 0 Å². The van der Waals surface area contributed by atoms with Gasteiger partial charge in [-0.1, -0.05) is 65.7 Å². The first-order valence-electron chi connectivity index (χ1n) is 10.9. The molecular formula is C28H24Cl2N2O2. The Labute approximate surface area is 209 Å². The topological polar surface area (TPSA) is 50.7 Å². The highest BCUT2D eigenvalue weighted by Crippen LogP contribution is 2.41. The van der Waals surface area contributed by atoms with Crippen molar-refractivity contribution in [1.82, 2.24) is 0 Å². The molecule has 1 aliphatic carbocycles. The van der Waals surface area contributed by atoms with E-state index >= 15 is 0 Å². The first kappa shape index (κ1) is 23.8. The Kier molecular flexibility index (Phi) is 7.84. The normalized spacial score (nSPS) is 17.3. The van der Waals surface area contributed by atoms with Crippen molar-refractivity contribution in [3.05, 3.63) is 117 Å². The van der Waals surface area contributed by atoms with Crippen LogP contribution in [0.3, 0.4) is 0 Å². The molecule has 3 aromatic carbocycles. The number of para-hydroxylation sites is 2. The van der Waals surface area contributed by atoms with Crippen LogP contribution in [0.4, 0.5) is 11.4 Å². The number of carbonyl (C=O) groups is 1. The molecule has 0 spiro atoms. The monoisotopic (exact) mass is 490 g/mol. The van der Waals surface area contributed by atoms with Crippen LogP contribution in [-0.2, 0) is 4.74 Å². The number of ether oxygens (including phenoxy) is 1. The molecule has 1 unspecified atom stereocenters. The highest BCUT2D eigenvalue weighted by molar-refractivity contribution is 6.34. The third kappa shape index (κ3) is 5.77. The standard InChI is InChI=1S/C28H24Cl2N2O2/c1-34-28(33)20-13-11-19(12-14-20)21-15-22(17-31-24-7-3-2-4-8-24)27(30)23(16-21)18-32-26-10-6-5-9-25(26)29/h2-14,17-18,21,31H,15-16H2,1H3/b22-17+,32-18?. The molecule has 0 saturated heterocycles. The minimum atomic E-state index is -0.349. The van der Waals surface area contributed by atoms with Crippen LogP contribution in [0, 0.1) is 0 Å². The van der Waals surface area contributed by atoms with Gasteiger partial charge in [0.15, 0.2) is 0 Å². The maximum Gasteiger partial charge on any atom is 0.337 e. The number of carbonyl (C=O) groups excluding carboxylic acids is 1. The number of halogens is 2. The molecular weight excluding hydrogens is 467 g/mol. The molecule has 0 saturated carbocycles. The van der Waals surface area contributed by atoms with Gasteiger partial charge in [0, 0.05) is 23.1 Å². The summed E-state index contributed by atoms with van der Waals surface area (Å²) < 4.78 is 4.82. The zero-order valence-electron chi connectivity index (χ0n) is 18.7. The van der Waals surface area contributed by atoms with Crippen molar-refractivity contribution in [3.63, 3.8) is 0 Å². The third-order valence-electron chi connectivity index (χ3n) is 5.70. The lowest BCUT2D eigenvalue weighted by molar-refractivity contribution is 0.0600. The van der Waals surface area contributed by atoms with Crippen molar-refractivity contribution in [2.45, 2.75) is 18.8 Å². The van der Waals surface area contributed by atoms with Gasteiger partial charge in [-0.05, 0) is 71.9 Å².